The number of hydrogen-bond donors (Lipinski definition) is 1. The van der Waals surface area contributed by atoms with Gasteiger partial charge in [-0.3, -0.25) is 4.79 Å². The first-order chi connectivity index (χ1) is 21.6. The van der Waals surface area contributed by atoms with E-state index in [1.807, 2.05) is 16.9 Å². The van der Waals surface area contributed by atoms with Crippen LogP contribution in [-0.2, 0) is 4.79 Å². The predicted molar refractivity (Wildman–Crippen MR) is 185 cm³/mol. The minimum Gasteiger partial charge on any atom is -0.383 e. The summed E-state index contributed by atoms with van der Waals surface area (Å²) in [5.74, 6) is 1.71. The molecule has 1 aromatic carbocycles. The molecule has 0 aliphatic carbocycles. The van der Waals surface area contributed by atoms with Crippen molar-refractivity contribution in [1.29, 1.82) is 0 Å². The van der Waals surface area contributed by atoms with Gasteiger partial charge in [0.05, 0.1) is 11.4 Å². The molecule has 0 radical (unpaired) electrons. The Labute approximate surface area is 269 Å². The third kappa shape index (κ3) is 7.33. The van der Waals surface area contributed by atoms with Crippen molar-refractivity contribution in [3.05, 3.63) is 89.6 Å². The molecule has 2 aromatic rings. The lowest BCUT2D eigenvalue weighted by Gasteiger charge is -2.48. The summed E-state index contributed by atoms with van der Waals surface area (Å²) < 4.78 is 1.89. The highest BCUT2D eigenvalue weighted by atomic mass is 16.2. The zero-order chi connectivity index (χ0) is 32.1. The predicted octanol–water partition coefficient (Wildman–Crippen LogP) is 6.06. The summed E-state index contributed by atoms with van der Waals surface area (Å²) in [6.45, 7) is 16.7. The smallest absolute Gasteiger partial charge is 0.243 e. The van der Waals surface area contributed by atoms with Crippen molar-refractivity contribution in [2.24, 2.45) is 10.9 Å². The summed E-state index contributed by atoms with van der Waals surface area (Å²) in [4.78, 5) is 26.0. The molecule has 8 nitrogen and oxygen atoms in total. The normalized spacial score (nSPS) is 22.8. The first kappa shape index (κ1) is 32.5. The number of allylic oxidation sites excluding steroid dienone is 3. The van der Waals surface area contributed by atoms with E-state index in [0.717, 1.165) is 80.1 Å². The Morgan fingerprint density at radius 3 is 2.67 bits per heavy atom. The van der Waals surface area contributed by atoms with Gasteiger partial charge in [-0.1, -0.05) is 43.7 Å². The average Bonchev–Trinajstić information content (AvgIpc) is 3.57. The first-order valence-electron chi connectivity index (χ1n) is 16.5. The number of hydrogen-bond acceptors (Lipinski definition) is 6. The highest BCUT2D eigenvalue weighted by molar-refractivity contribution is 5.90. The quantitative estimate of drug-likeness (QED) is 0.387. The molecule has 1 N–H and O–H groups in total. The molecule has 1 aromatic heterocycles. The van der Waals surface area contributed by atoms with E-state index >= 15 is 0 Å². The summed E-state index contributed by atoms with van der Waals surface area (Å²) in [7, 11) is 4.12. The van der Waals surface area contributed by atoms with Crippen LogP contribution in [0.3, 0.4) is 0 Å². The molecule has 0 bridgehead atoms. The number of amidine groups is 1. The van der Waals surface area contributed by atoms with Crippen LogP contribution in [0.1, 0.15) is 65.4 Å². The van der Waals surface area contributed by atoms with Gasteiger partial charge in [-0.2, -0.15) is 5.10 Å². The van der Waals surface area contributed by atoms with Crippen LogP contribution in [0, 0.1) is 5.92 Å². The van der Waals surface area contributed by atoms with E-state index in [1.165, 1.54) is 16.7 Å². The molecule has 1 spiro atoms. The summed E-state index contributed by atoms with van der Waals surface area (Å²) in [5.41, 5.74) is 7.41. The van der Waals surface area contributed by atoms with Gasteiger partial charge in [-0.25, -0.2) is 9.67 Å². The minimum atomic E-state index is -0.537. The van der Waals surface area contributed by atoms with Crippen LogP contribution in [0.25, 0.3) is 11.3 Å². The van der Waals surface area contributed by atoms with Gasteiger partial charge in [0.1, 0.15) is 11.4 Å². The van der Waals surface area contributed by atoms with E-state index < -0.39 is 5.54 Å². The number of amides is 1. The molecule has 1 unspecified atom stereocenters. The van der Waals surface area contributed by atoms with Crippen LogP contribution >= 0.6 is 0 Å². The standard InChI is InChI=1S/C37H51N7O/c1-8-28(3)33(34(25-41(6)7)31-11-9-12-32(24-31)44-19-10-17-39-44)26-43-22-18-38-37(36(43)45)15-20-42(21-16-37)35-29(4)14-13-27(2)23-30(5)40-35/h9-12,17,19,23-25,29,38H,5,8,13-16,18,20-22,26H2,1-4,6-7H3/b27-23-,33-28?,34-25?,40-35?. The molecule has 5 rings (SSSR count). The van der Waals surface area contributed by atoms with Gasteiger partial charge >= 0.3 is 0 Å². The highest BCUT2D eigenvalue weighted by Crippen LogP contribution is 2.33. The zero-order valence-corrected chi connectivity index (χ0v) is 28.1. The Balaban J connectivity index is 1.38. The molecule has 0 saturated carbocycles. The molecule has 8 heteroatoms. The molecule has 2 saturated heterocycles. The van der Waals surface area contributed by atoms with E-state index in [2.05, 4.69) is 110 Å². The molecule has 45 heavy (non-hydrogen) atoms. The van der Waals surface area contributed by atoms with E-state index in [4.69, 9.17) is 4.99 Å². The van der Waals surface area contributed by atoms with Gasteiger partial charge in [0.2, 0.25) is 5.91 Å². The number of benzene rings is 1. The van der Waals surface area contributed by atoms with Crippen molar-refractivity contribution in [1.82, 2.24) is 29.8 Å². The van der Waals surface area contributed by atoms with E-state index in [-0.39, 0.29) is 5.91 Å². The van der Waals surface area contributed by atoms with E-state index in [0.29, 0.717) is 19.0 Å². The maximum absolute atomic E-state index is 14.4. The van der Waals surface area contributed by atoms with Crippen LogP contribution in [0.2, 0.25) is 0 Å². The number of aliphatic imine (C=N–C) groups is 1. The molecule has 1 amide bonds. The maximum Gasteiger partial charge on any atom is 0.243 e. The van der Waals surface area contributed by atoms with Crippen molar-refractivity contribution in [3.8, 4) is 5.69 Å². The number of carbonyl (C=O) groups is 1. The van der Waals surface area contributed by atoms with Gasteiger partial charge in [0.25, 0.3) is 0 Å². The van der Waals surface area contributed by atoms with Crippen molar-refractivity contribution in [3.63, 3.8) is 0 Å². The topological polar surface area (TPSA) is 69.0 Å². The van der Waals surface area contributed by atoms with E-state index in [1.54, 1.807) is 6.20 Å². The zero-order valence-electron chi connectivity index (χ0n) is 28.1. The fourth-order valence-corrected chi connectivity index (χ4v) is 6.85. The first-order valence-corrected chi connectivity index (χ1v) is 16.5. The summed E-state index contributed by atoms with van der Waals surface area (Å²) in [6.07, 6.45) is 12.7. The van der Waals surface area contributed by atoms with Crippen LogP contribution in [0.4, 0.5) is 0 Å². The number of rotatable bonds is 7. The van der Waals surface area contributed by atoms with Gasteiger partial charge in [-0.15, -0.1) is 0 Å². The molecular formula is C37H51N7O. The SMILES string of the molecule is C=C1/C=C(/C)CCC(C)C(N2CCC3(CC2)NCCN(CC(C(=CN(C)C)c2cccc(-n4cccn4)c2)=C(C)CC)C3=O)=N1. The van der Waals surface area contributed by atoms with Crippen molar-refractivity contribution in [2.75, 3.05) is 46.8 Å². The highest BCUT2D eigenvalue weighted by Gasteiger charge is 2.46. The second-order valence-corrected chi connectivity index (χ2v) is 13.2. The Hall–Kier alpha value is -3.91. The molecule has 2 fully saturated rings. The summed E-state index contributed by atoms with van der Waals surface area (Å²) >= 11 is 0. The van der Waals surface area contributed by atoms with Crippen LogP contribution in [-0.4, -0.2) is 88.6 Å². The van der Waals surface area contributed by atoms with Gasteiger partial charge in [0.15, 0.2) is 0 Å². The molecule has 4 heterocycles. The lowest BCUT2D eigenvalue weighted by atomic mass is 9.83. The van der Waals surface area contributed by atoms with Crippen molar-refractivity contribution < 1.29 is 4.79 Å². The molecule has 1 atom stereocenters. The fourth-order valence-electron chi connectivity index (χ4n) is 6.85. The number of piperidine rings is 1. The number of piperazine rings is 1. The van der Waals surface area contributed by atoms with Crippen LogP contribution < -0.4 is 5.32 Å². The number of nitrogens with zero attached hydrogens (tertiary/aromatic N) is 6. The second kappa shape index (κ2) is 14.0. The summed E-state index contributed by atoms with van der Waals surface area (Å²) in [6, 6.07) is 10.4. The third-order valence-corrected chi connectivity index (χ3v) is 9.60. The second-order valence-electron chi connectivity index (χ2n) is 13.2. The monoisotopic (exact) mass is 609 g/mol. The molecule has 3 aliphatic heterocycles. The van der Waals surface area contributed by atoms with Crippen LogP contribution in [0.15, 0.2) is 89.0 Å². The average molecular weight is 610 g/mol. The summed E-state index contributed by atoms with van der Waals surface area (Å²) in [5, 5.41) is 8.13. The molecule has 240 valence electrons. The lowest BCUT2D eigenvalue weighted by molar-refractivity contribution is -0.142. The third-order valence-electron chi connectivity index (χ3n) is 9.60. The lowest BCUT2D eigenvalue weighted by Crippen LogP contribution is -2.68. The number of likely N-dealkylation sites (tertiary alicyclic amines) is 1. The maximum atomic E-state index is 14.4. The minimum absolute atomic E-state index is 0.222. The molecule has 3 aliphatic rings. The van der Waals surface area contributed by atoms with Gasteiger partial charge in [-0.05, 0) is 81.4 Å². The Kier molecular flexibility index (Phi) is 10.1. The fraction of sp³-hybridized carbons (Fsp3) is 0.486. The van der Waals surface area contributed by atoms with Crippen LogP contribution in [0.5, 0.6) is 0 Å². The number of carbonyl (C=O) groups excluding carboxylic acids is 1. The Bertz CT molecular complexity index is 1500. The van der Waals surface area contributed by atoms with Gasteiger partial charge in [0, 0.05) is 76.9 Å². The number of nitrogens with one attached hydrogen (secondary N) is 1. The molecular weight excluding hydrogens is 558 g/mol. The van der Waals surface area contributed by atoms with E-state index in [9.17, 15) is 4.79 Å². The van der Waals surface area contributed by atoms with Crippen molar-refractivity contribution >= 4 is 17.3 Å². The van der Waals surface area contributed by atoms with Gasteiger partial charge < -0.3 is 20.0 Å². The largest absolute Gasteiger partial charge is 0.383 e. The Morgan fingerprint density at radius 1 is 1.20 bits per heavy atom. The number of aromatic nitrogens is 2. The van der Waals surface area contributed by atoms with Crippen molar-refractivity contribution in [2.45, 2.75) is 65.3 Å². The Morgan fingerprint density at radius 2 is 1.98 bits per heavy atom.